The van der Waals surface area contributed by atoms with Crippen LogP contribution in [-0.2, 0) is 4.74 Å². The van der Waals surface area contributed by atoms with Crippen molar-refractivity contribution in [3.8, 4) is 11.5 Å². The van der Waals surface area contributed by atoms with Gasteiger partial charge >= 0.3 is 0 Å². The van der Waals surface area contributed by atoms with Gasteiger partial charge in [0.1, 0.15) is 29.5 Å². The summed E-state index contributed by atoms with van der Waals surface area (Å²) < 4.78 is 14.5. The van der Waals surface area contributed by atoms with Crippen molar-refractivity contribution < 1.29 is 9.47 Å². The van der Waals surface area contributed by atoms with Crippen molar-refractivity contribution in [3.05, 3.63) is 60.9 Å². The molecule has 0 spiro atoms. The molecule has 6 rings (SSSR count). The lowest BCUT2D eigenvalue weighted by Gasteiger charge is -2.23. The number of hydrogen-bond donors (Lipinski definition) is 2. The molecule has 1 aliphatic rings. The van der Waals surface area contributed by atoms with Crippen LogP contribution in [0.5, 0.6) is 11.5 Å². The summed E-state index contributed by atoms with van der Waals surface area (Å²) in [5, 5.41) is 9.44. The van der Waals surface area contributed by atoms with E-state index < -0.39 is 0 Å². The fourth-order valence-electron chi connectivity index (χ4n) is 4.44. The van der Waals surface area contributed by atoms with Crippen LogP contribution < -0.4 is 15.8 Å². The van der Waals surface area contributed by atoms with Gasteiger partial charge < -0.3 is 20.5 Å². The highest BCUT2D eigenvalue weighted by molar-refractivity contribution is 5.97. The van der Waals surface area contributed by atoms with Crippen molar-refractivity contribution in [2.75, 3.05) is 17.7 Å². The van der Waals surface area contributed by atoms with Gasteiger partial charge in [-0.2, -0.15) is 5.10 Å². The molecule has 5 aromatic rings. The Labute approximate surface area is 201 Å². The van der Waals surface area contributed by atoms with E-state index in [9.17, 15) is 0 Å². The van der Waals surface area contributed by atoms with Crippen molar-refractivity contribution in [2.45, 2.75) is 32.4 Å². The lowest BCUT2D eigenvalue weighted by Crippen LogP contribution is -2.18. The molecule has 1 fully saturated rings. The number of hydrogen-bond acceptors (Lipinski definition) is 9. The number of aromatic nitrogens is 6. The first-order valence-corrected chi connectivity index (χ1v) is 11.5. The van der Waals surface area contributed by atoms with Crippen LogP contribution in [0, 0.1) is 6.92 Å². The van der Waals surface area contributed by atoms with Gasteiger partial charge in [0, 0.05) is 30.8 Å². The molecule has 0 amide bonds. The van der Waals surface area contributed by atoms with Crippen LogP contribution in [0.4, 0.5) is 17.3 Å². The minimum atomic E-state index is -0.0683. The molecule has 0 bridgehead atoms. The number of ether oxygens (including phenoxy) is 2. The summed E-state index contributed by atoms with van der Waals surface area (Å²) in [6.07, 6.45) is 11.2. The molecule has 1 atom stereocenters. The SMILES string of the molecule is Cc1ccc2c(cnn2C2CCCCO2)c1Oc1cc(Nc2cnccn2)cc2ncnc(N)c12. The number of nitrogen functional groups attached to an aromatic ring is 1. The van der Waals surface area contributed by atoms with E-state index >= 15 is 0 Å². The number of nitrogens with one attached hydrogen (secondary N) is 1. The first-order chi connectivity index (χ1) is 17.2. The van der Waals surface area contributed by atoms with E-state index in [1.165, 1.54) is 6.33 Å². The zero-order chi connectivity index (χ0) is 23.8. The third kappa shape index (κ3) is 3.97. The Hall–Kier alpha value is -4.31. The number of rotatable bonds is 5. The lowest BCUT2D eigenvalue weighted by atomic mass is 10.1. The third-order valence-corrected chi connectivity index (χ3v) is 6.14. The second-order valence-electron chi connectivity index (χ2n) is 8.50. The topological polar surface area (TPSA) is 126 Å². The Morgan fingerprint density at radius 3 is 2.89 bits per heavy atom. The Morgan fingerprint density at radius 2 is 2.06 bits per heavy atom. The van der Waals surface area contributed by atoms with Crippen LogP contribution in [-0.4, -0.2) is 36.3 Å². The van der Waals surface area contributed by atoms with E-state index in [2.05, 4.69) is 36.4 Å². The molecule has 35 heavy (non-hydrogen) atoms. The van der Waals surface area contributed by atoms with E-state index in [-0.39, 0.29) is 6.23 Å². The second-order valence-corrected chi connectivity index (χ2v) is 8.50. The van der Waals surface area contributed by atoms with Crippen LogP contribution in [0.15, 0.2) is 55.4 Å². The van der Waals surface area contributed by atoms with Crippen molar-refractivity contribution in [2.24, 2.45) is 0 Å². The molecule has 3 aromatic heterocycles. The molecule has 2 aromatic carbocycles. The van der Waals surface area contributed by atoms with Crippen molar-refractivity contribution >= 4 is 39.1 Å². The number of anilines is 3. The van der Waals surface area contributed by atoms with Gasteiger partial charge in [0.05, 0.1) is 34.2 Å². The Kier molecular flexibility index (Phi) is 5.34. The first kappa shape index (κ1) is 21.2. The quantitative estimate of drug-likeness (QED) is 0.370. The molecular weight excluding hydrogens is 444 g/mol. The summed E-state index contributed by atoms with van der Waals surface area (Å²) in [7, 11) is 0. The van der Waals surface area contributed by atoms with E-state index in [1.807, 2.05) is 36.0 Å². The molecule has 4 heterocycles. The lowest BCUT2D eigenvalue weighted by molar-refractivity contribution is -0.0366. The van der Waals surface area contributed by atoms with Gasteiger partial charge in [-0.15, -0.1) is 0 Å². The average molecular weight is 469 g/mol. The van der Waals surface area contributed by atoms with Crippen LogP contribution in [0.25, 0.3) is 21.8 Å². The van der Waals surface area contributed by atoms with Gasteiger partial charge in [0.25, 0.3) is 0 Å². The van der Waals surface area contributed by atoms with Crippen LogP contribution in [0.2, 0.25) is 0 Å². The van der Waals surface area contributed by atoms with Gasteiger partial charge in [-0.3, -0.25) is 4.98 Å². The molecule has 3 N–H and O–H groups in total. The smallest absolute Gasteiger partial charge is 0.150 e. The third-order valence-electron chi connectivity index (χ3n) is 6.14. The summed E-state index contributed by atoms with van der Waals surface area (Å²) in [5.74, 6) is 2.18. The number of fused-ring (bicyclic) bond motifs is 2. The van der Waals surface area contributed by atoms with Gasteiger partial charge in [0.15, 0.2) is 6.23 Å². The van der Waals surface area contributed by atoms with Crippen LogP contribution >= 0.6 is 0 Å². The summed E-state index contributed by atoms with van der Waals surface area (Å²) in [6, 6.07) is 7.83. The highest BCUT2D eigenvalue weighted by atomic mass is 16.5. The number of aryl methyl sites for hydroxylation is 1. The Bertz CT molecular complexity index is 1510. The monoisotopic (exact) mass is 468 g/mol. The largest absolute Gasteiger partial charge is 0.455 e. The number of benzene rings is 2. The van der Waals surface area contributed by atoms with Gasteiger partial charge in [0.2, 0.25) is 0 Å². The van der Waals surface area contributed by atoms with Crippen LogP contribution in [0.1, 0.15) is 31.1 Å². The maximum Gasteiger partial charge on any atom is 0.150 e. The maximum absolute atomic E-state index is 6.57. The molecule has 0 radical (unpaired) electrons. The minimum absolute atomic E-state index is 0.0683. The van der Waals surface area contributed by atoms with E-state index in [0.717, 1.165) is 48.0 Å². The minimum Gasteiger partial charge on any atom is -0.455 e. The number of nitrogens with two attached hydrogens (primary N) is 1. The Morgan fingerprint density at radius 1 is 1.11 bits per heavy atom. The zero-order valence-electron chi connectivity index (χ0n) is 19.2. The molecule has 0 aliphatic carbocycles. The maximum atomic E-state index is 6.57. The molecule has 176 valence electrons. The van der Waals surface area contributed by atoms with Crippen molar-refractivity contribution in [3.63, 3.8) is 0 Å². The van der Waals surface area contributed by atoms with Gasteiger partial charge in [-0.05, 0) is 43.9 Å². The van der Waals surface area contributed by atoms with Crippen molar-refractivity contribution in [1.82, 2.24) is 29.7 Å². The molecule has 1 unspecified atom stereocenters. The summed E-state index contributed by atoms with van der Waals surface area (Å²) in [6.45, 7) is 2.75. The summed E-state index contributed by atoms with van der Waals surface area (Å²) in [5.41, 5.74) is 9.58. The standard InChI is InChI=1S/C25H24N8O2/c1-15-5-6-19-17(12-31-33(19)22-4-2-3-9-34-22)24(15)35-20-11-16(32-21-13-27-7-8-28-21)10-18-23(20)25(26)30-14-29-18/h5-8,10-14,22H,2-4,9H2,1H3,(H,28,32)(H2,26,29,30). The van der Waals surface area contributed by atoms with Gasteiger partial charge in [-0.1, -0.05) is 6.07 Å². The van der Waals surface area contributed by atoms with Gasteiger partial charge in [-0.25, -0.2) is 19.6 Å². The average Bonchev–Trinajstić information content (AvgIpc) is 3.31. The van der Waals surface area contributed by atoms with E-state index in [1.54, 1.807) is 18.6 Å². The number of nitrogens with zero attached hydrogens (tertiary/aromatic N) is 6. The summed E-state index contributed by atoms with van der Waals surface area (Å²) >= 11 is 0. The highest BCUT2D eigenvalue weighted by Crippen LogP contribution is 2.40. The first-order valence-electron chi connectivity index (χ1n) is 11.5. The molecule has 1 saturated heterocycles. The van der Waals surface area contributed by atoms with Crippen molar-refractivity contribution in [1.29, 1.82) is 0 Å². The molecule has 10 heteroatoms. The fourth-order valence-corrected chi connectivity index (χ4v) is 4.44. The predicted molar refractivity (Wildman–Crippen MR) is 133 cm³/mol. The normalized spacial score (nSPS) is 16.0. The van der Waals surface area contributed by atoms with Crippen LogP contribution in [0.3, 0.4) is 0 Å². The summed E-state index contributed by atoms with van der Waals surface area (Å²) in [4.78, 5) is 17.0. The molecular formula is C25H24N8O2. The molecule has 1 aliphatic heterocycles. The van der Waals surface area contributed by atoms with E-state index in [4.69, 9.17) is 15.2 Å². The highest BCUT2D eigenvalue weighted by Gasteiger charge is 2.21. The molecule has 10 nitrogen and oxygen atoms in total. The fraction of sp³-hybridized carbons (Fsp3) is 0.240. The second kappa shape index (κ2) is 8.80. The molecule has 0 saturated carbocycles. The zero-order valence-corrected chi connectivity index (χ0v) is 19.2. The van der Waals surface area contributed by atoms with E-state index in [0.29, 0.717) is 34.0 Å². The Balaban J connectivity index is 1.45. The predicted octanol–water partition coefficient (Wildman–Crippen LogP) is 4.90.